The highest BCUT2D eigenvalue weighted by molar-refractivity contribution is 6.42. The van der Waals surface area contributed by atoms with E-state index in [0.29, 0.717) is 22.4 Å². The van der Waals surface area contributed by atoms with Gasteiger partial charge in [-0.25, -0.2) is 9.48 Å². The highest BCUT2D eigenvalue weighted by Gasteiger charge is 2.11. The van der Waals surface area contributed by atoms with Crippen molar-refractivity contribution in [2.24, 2.45) is 0 Å². The van der Waals surface area contributed by atoms with Crippen molar-refractivity contribution in [1.82, 2.24) is 15.1 Å². The number of benzene rings is 1. The Morgan fingerprint density at radius 3 is 2.91 bits per heavy atom. The van der Waals surface area contributed by atoms with Gasteiger partial charge in [0.05, 0.1) is 35.4 Å². The summed E-state index contributed by atoms with van der Waals surface area (Å²) in [6.07, 6.45) is 1.57. The SMILES string of the molecule is C[C@H](CO)NC(=O)Nc1ccnn1Cc1cccc(Cl)c1Cl. The van der Waals surface area contributed by atoms with Gasteiger partial charge in [0.1, 0.15) is 5.82 Å². The number of rotatable bonds is 5. The summed E-state index contributed by atoms with van der Waals surface area (Å²) in [5.74, 6) is 0.513. The third-order valence-corrected chi connectivity index (χ3v) is 3.82. The maximum absolute atomic E-state index is 11.8. The Morgan fingerprint density at radius 1 is 1.41 bits per heavy atom. The fourth-order valence-electron chi connectivity index (χ4n) is 1.82. The van der Waals surface area contributed by atoms with Crippen molar-refractivity contribution in [1.29, 1.82) is 0 Å². The lowest BCUT2D eigenvalue weighted by Crippen LogP contribution is -2.38. The van der Waals surface area contributed by atoms with Gasteiger partial charge in [-0.3, -0.25) is 5.32 Å². The van der Waals surface area contributed by atoms with Crippen molar-refractivity contribution in [3.05, 3.63) is 46.1 Å². The van der Waals surface area contributed by atoms with Gasteiger partial charge < -0.3 is 10.4 Å². The summed E-state index contributed by atoms with van der Waals surface area (Å²) < 4.78 is 1.60. The number of anilines is 1. The van der Waals surface area contributed by atoms with Gasteiger partial charge in [0.25, 0.3) is 0 Å². The predicted octanol–water partition coefficient (Wildman–Crippen LogP) is 2.74. The van der Waals surface area contributed by atoms with Crippen LogP contribution in [0.3, 0.4) is 0 Å². The standard InChI is InChI=1S/C14H16Cl2N4O2/c1-9(8-21)18-14(22)19-12-5-6-17-20(12)7-10-3-2-4-11(15)13(10)16/h2-6,9,21H,7-8H2,1H3,(H2,18,19,22)/t9-/m1/s1. The van der Waals surface area contributed by atoms with Crippen LogP contribution in [-0.4, -0.2) is 33.6 Å². The van der Waals surface area contributed by atoms with Crippen LogP contribution in [0.2, 0.25) is 10.0 Å². The van der Waals surface area contributed by atoms with Crippen LogP contribution in [0.25, 0.3) is 0 Å². The largest absolute Gasteiger partial charge is 0.394 e. The maximum Gasteiger partial charge on any atom is 0.320 e. The van der Waals surface area contributed by atoms with Crippen LogP contribution in [0, 0.1) is 0 Å². The second-order valence-electron chi connectivity index (χ2n) is 4.77. The maximum atomic E-state index is 11.8. The number of hydrogen-bond donors (Lipinski definition) is 3. The number of amides is 2. The zero-order chi connectivity index (χ0) is 16.1. The average Bonchev–Trinajstić information content (AvgIpc) is 2.90. The van der Waals surface area contributed by atoms with Crippen molar-refractivity contribution in [3.8, 4) is 0 Å². The van der Waals surface area contributed by atoms with Gasteiger partial charge in [0.2, 0.25) is 0 Å². The molecule has 1 heterocycles. The van der Waals surface area contributed by atoms with E-state index < -0.39 is 6.03 Å². The fourth-order valence-corrected chi connectivity index (χ4v) is 2.20. The minimum absolute atomic E-state index is 0.134. The Kier molecular flexibility index (Phi) is 5.65. The molecule has 22 heavy (non-hydrogen) atoms. The third kappa shape index (κ3) is 4.13. The van der Waals surface area contributed by atoms with Crippen LogP contribution in [-0.2, 0) is 6.54 Å². The van der Waals surface area contributed by atoms with E-state index in [9.17, 15) is 4.79 Å². The number of halogens is 2. The Morgan fingerprint density at radius 2 is 2.18 bits per heavy atom. The number of hydrogen-bond acceptors (Lipinski definition) is 3. The van der Waals surface area contributed by atoms with Crippen molar-refractivity contribution in [2.45, 2.75) is 19.5 Å². The van der Waals surface area contributed by atoms with E-state index in [2.05, 4.69) is 15.7 Å². The molecule has 0 saturated heterocycles. The lowest BCUT2D eigenvalue weighted by atomic mass is 10.2. The van der Waals surface area contributed by atoms with Crippen molar-refractivity contribution in [3.63, 3.8) is 0 Å². The van der Waals surface area contributed by atoms with Crippen molar-refractivity contribution >= 4 is 35.1 Å². The topological polar surface area (TPSA) is 79.2 Å². The zero-order valence-electron chi connectivity index (χ0n) is 11.9. The van der Waals surface area contributed by atoms with Crippen LogP contribution < -0.4 is 10.6 Å². The third-order valence-electron chi connectivity index (χ3n) is 2.96. The normalized spacial score (nSPS) is 12.0. The first-order valence-electron chi connectivity index (χ1n) is 6.64. The van der Waals surface area contributed by atoms with Crippen LogP contribution >= 0.6 is 23.2 Å². The van der Waals surface area contributed by atoms with Gasteiger partial charge in [0, 0.05) is 6.07 Å². The van der Waals surface area contributed by atoms with Gasteiger partial charge >= 0.3 is 6.03 Å². The summed E-state index contributed by atoms with van der Waals surface area (Å²) in [5.41, 5.74) is 0.796. The number of carbonyl (C=O) groups is 1. The summed E-state index contributed by atoms with van der Waals surface area (Å²) in [7, 11) is 0. The average molecular weight is 343 g/mol. The molecule has 8 heteroatoms. The molecule has 0 aliphatic heterocycles. The van der Waals surface area contributed by atoms with Crippen LogP contribution in [0.4, 0.5) is 10.6 Å². The number of carbonyl (C=O) groups excluding carboxylic acids is 1. The van der Waals surface area contributed by atoms with E-state index in [1.54, 1.807) is 36.0 Å². The minimum Gasteiger partial charge on any atom is -0.394 e. The van der Waals surface area contributed by atoms with E-state index in [0.717, 1.165) is 5.56 Å². The van der Waals surface area contributed by atoms with Gasteiger partial charge in [-0.05, 0) is 18.6 Å². The number of urea groups is 1. The van der Waals surface area contributed by atoms with Gasteiger partial charge in [0.15, 0.2) is 0 Å². The molecule has 0 aliphatic rings. The molecule has 0 radical (unpaired) electrons. The molecule has 1 aromatic heterocycles. The van der Waals surface area contributed by atoms with E-state index in [4.69, 9.17) is 28.3 Å². The van der Waals surface area contributed by atoms with Crippen molar-refractivity contribution in [2.75, 3.05) is 11.9 Å². The first-order chi connectivity index (χ1) is 10.5. The zero-order valence-corrected chi connectivity index (χ0v) is 13.4. The van der Waals surface area contributed by atoms with Crippen LogP contribution in [0.1, 0.15) is 12.5 Å². The second kappa shape index (κ2) is 7.49. The quantitative estimate of drug-likeness (QED) is 0.781. The number of nitrogens with zero attached hydrogens (tertiary/aromatic N) is 2. The molecule has 3 N–H and O–H groups in total. The Bertz CT molecular complexity index is 660. The predicted molar refractivity (Wildman–Crippen MR) is 86.5 cm³/mol. The Balaban J connectivity index is 2.09. The molecule has 2 aromatic rings. The van der Waals surface area contributed by atoms with E-state index >= 15 is 0 Å². The molecule has 1 aromatic carbocycles. The molecule has 0 aliphatic carbocycles. The molecular formula is C14H16Cl2N4O2. The van der Waals surface area contributed by atoms with Gasteiger partial charge in [-0.15, -0.1) is 0 Å². The number of aliphatic hydroxyl groups is 1. The molecular weight excluding hydrogens is 327 g/mol. The highest BCUT2D eigenvalue weighted by Crippen LogP contribution is 2.26. The summed E-state index contributed by atoms with van der Waals surface area (Å²) in [4.78, 5) is 11.8. The van der Waals surface area contributed by atoms with Crippen molar-refractivity contribution < 1.29 is 9.90 Å². The smallest absolute Gasteiger partial charge is 0.320 e. The molecule has 2 rings (SSSR count). The molecule has 0 saturated carbocycles. The van der Waals surface area contributed by atoms with Gasteiger partial charge in [-0.1, -0.05) is 35.3 Å². The van der Waals surface area contributed by atoms with Gasteiger partial charge in [-0.2, -0.15) is 5.10 Å². The summed E-state index contributed by atoms with van der Waals surface area (Å²) in [5, 5.41) is 19.3. The van der Waals surface area contributed by atoms with Crippen LogP contribution in [0.15, 0.2) is 30.5 Å². The molecule has 0 unspecified atom stereocenters. The monoisotopic (exact) mass is 342 g/mol. The molecule has 0 fully saturated rings. The number of aliphatic hydroxyl groups excluding tert-OH is 1. The Labute approximate surface area is 138 Å². The molecule has 6 nitrogen and oxygen atoms in total. The summed E-state index contributed by atoms with van der Waals surface area (Å²) >= 11 is 12.1. The fraction of sp³-hybridized carbons (Fsp3) is 0.286. The second-order valence-corrected chi connectivity index (χ2v) is 5.55. The lowest BCUT2D eigenvalue weighted by molar-refractivity contribution is 0.229. The first-order valence-corrected chi connectivity index (χ1v) is 7.40. The van der Waals surface area contributed by atoms with E-state index in [-0.39, 0.29) is 12.6 Å². The molecule has 118 valence electrons. The summed E-state index contributed by atoms with van der Waals surface area (Å²) in [6.45, 7) is 1.94. The molecule has 0 spiro atoms. The van der Waals surface area contributed by atoms with Crippen LogP contribution in [0.5, 0.6) is 0 Å². The molecule has 2 amide bonds. The minimum atomic E-state index is -0.416. The first kappa shape index (κ1) is 16.6. The molecule has 1 atom stereocenters. The highest BCUT2D eigenvalue weighted by atomic mass is 35.5. The molecule has 0 bridgehead atoms. The van der Waals surface area contributed by atoms with E-state index in [1.807, 2.05) is 6.07 Å². The Hall–Kier alpha value is -1.76. The number of nitrogens with one attached hydrogen (secondary N) is 2. The summed E-state index contributed by atoms with van der Waals surface area (Å²) in [6, 6.07) is 6.27. The lowest BCUT2D eigenvalue weighted by Gasteiger charge is -2.13. The van der Waals surface area contributed by atoms with E-state index in [1.165, 1.54) is 0 Å². The number of aromatic nitrogens is 2.